The molecule has 0 amide bonds. The van der Waals surface area contributed by atoms with E-state index >= 15 is 0 Å². The summed E-state index contributed by atoms with van der Waals surface area (Å²) in [6.45, 7) is 4.66. The summed E-state index contributed by atoms with van der Waals surface area (Å²) in [5.41, 5.74) is 0.106. The molecule has 0 spiro atoms. The number of fused-ring (bicyclic) bond motifs is 1. The summed E-state index contributed by atoms with van der Waals surface area (Å²) in [4.78, 5) is 3.91. The Morgan fingerprint density at radius 2 is 2.12 bits per heavy atom. The molecule has 2 aromatic rings. The lowest BCUT2D eigenvalue weighted by Gasteiger charge is -2.07. The summed E-state index contributed by atoms with van der Waals surface area (Å²) in [6, 6.07) is 1.19. The van der Waals surface area contributed by atoms with Gasteiger partial charge in [0.1, 0.15) is 5.69 Å². The summed E-state index contributed by atoms with van der Waals surface area (Å²) in [7, 11) is 0. The zero-order chi connectivity index (χ0) is 12.6. The highest BCUT2D eigenvalue weighted by molar-refractivity contribution is 6.35. The maximum Gasteiger partial charge on any atom is 0.280 e. The minimum Gasteiger partial charge on any atom is -0.247 e. The van der Waals surface area contributed by atoms with Crippen molar-refractivity contribution >= 4 is 22.6 Å². The second-order valence-corrected chi connectivity index (χ2v) is 4.69. The molecule has 0 aliphatic carbocycles. The quantitative estimate of drug-likeness (QED) is 0.842. The first-order chi connectivity index (χ1) is 7.99. The van der Waals surface area contributed by atoms with Gasteiger partial charge >= 0.3 is 0 Å². The molecule has 0 saturated carbocycles. The number of hydrogen-bond donors (Lipinski definition) is 0. The lowest BCUT2D eigenvalue weighted by molar-refractivity contribution is 0.146. The largest absolute Gasteiger partial charge is 0.280 e. The zero-order valence-electron chi connectivity index (χ0n) is 9.49. The third-order valence-electron chi connectivity index (χ3n) is 2.34. The van der Waals surface area contributed by atoms with Gasteiger partial charge in [-0.3, -0.25) is 0 Å². The minimum absolute atomic E-state index is 0.264. The Hall–Kier alpha value is -1.23. The van der Waals surface area contributed by atoms with Crippen molar-refractivity contribution in [1.29, 1.82) is 0 Å². The van der Waals surface area contributed by atoms with E-state index in [0.717, 1.165) is 0 Å². The van der Waals surface area contributed by atoms with Gasteiger partial charge < -0.3 is 0 Å². The van der Waals surface area contributed by atoms with Gasteiger partial charge in [-0.25, -0.2) is 18.4 Å². The van der Waals surface area contributed by atoms with Crippen LogP contribution in [0.3, 0.4) is 0 Å². The second-order valence-electron chi connectivity index (χ2n) is 4.29. The topological polar surface area (TPSA) is 30.7 Å². The average Bonchev–Trinajstić information content (AvgIpc) is 2.61. The lowest BCUT2D eigenvalue weighted by atomic mass is 10.2. The predicted molar refractivity (Wildman–Crippen MR) is 62.3 cm³/mol. The van der Waals surface area contributed by atoms with Gasteiger partial charge in [-0.2, -0.15) is 5.10 Å². The molecule has 0 N–H and O–H groups in total. The number of rotatable bonds is 3. The molecule has 3 nitrogen and oxygen atoms in total. The number of pyridine rings is 1. The average molecular weight is 260 g/mol. The molecular formula is C11H12ClF2N3. The van der Waals surface area contributed by atoms with Crippen molar-refractivity contribution in [2.45, 2.75) is 26.8 Å². The minimum atomic E-state index is -2.63. The Bertz CT molecular complexity index is 537. The molecular weight excluding hydrogens is 248 g/mol. The van der Waals surface area contributed by atoms with Crippen LogP contribution in [0.2, 0.25) is 5.02 Å². The van der Waals surface area contributed by atoms with Crippen molar-refractivity contribution in [2.75, 3.05) is 0 Å². The van der Waals surface area contributed by atoms with Crippen LogP contribution >= 0.6 is 11.6 Å². The molecule has 17 heavy (non-hydrogen) atoms. The summed E-state index contributed by atoms with van der Waals surface area (Å²) in [6.07, 6.45) is -1.07. The van der Waals surface area contributed by atoms with E-state index < -0.39 is 6.43 Å². The Morgan fingerprint density at radius 3 is 2.71 bits per heavy atom. The summed E-state index contributed by atoms with van der Waals surface area (Å²) in [5.74, 6) is 0.355. The van der Waals surface area contributed by atoms with E-state index in [4.69, 9.17) is 11.6 Å². The molecule has 0 unspecified atom stereocenters. The normalized spacial score (nSPS) is 11.9. The van der Waals surface area contributed by atoms with E-state index in [1.54, 1.807) is 10.9 Å². The molecule has 0 aromatic carbocycles. The van der Waals surface area contributed by atoms with Crippen LogP contribution in [0.15, 0.2) is 12.3 Å². The van der Waals surface area contributed by atoms with Gasteiger partial charge in [0, 0.05) is 6.54 Å². The molecule has 2 rings (SSSR count). The van der Waals surface area contributed by atoms with Crippen LogP contribution in [0.5, 0.6) is 0 Å². The van der Waals surface area contributed by atoms with E-state index in [-0.39, 0.29) is 10.7 Å². The maximum absolute atomic E-state index is 12.6. The summed E-state index contributed by atoms with van der Waals surface area (Å²) in [5, 5.41) is 4.99. The van der Waals surface area contributed by atoms with Crippen LogP contribution in [-0.2, 0) is 6.54 Å². The molecule has 0 bridgehead atoms. The van der Waals surface area contributed by atoms with Crippen molar-refractivity contribution in [3.63, 3.8) is 0 Å². The zero-order valence-corrected chi connectivity index (χ0v) is 10.2. The van der Waals surface area contributed by atoms with E-state index in [9.17, 15) is 8.78 Å². The van der Waals surface area contributed by atoms with Crippen LogP contribution in [0, 0.1) is 5.92 Å². The fourth-order valence-corrected chi connectivity index (χ4v) is 1.86. The highest BCUT2D eigenvalue weighted by atomic mass is 35.5. The van der Waals surface area contributed by atoms with Crippen molar-refractivity contribution in [3.05, 3.63) is 23.0 Å². The molecule has 0 radical (unpaired) electrons. The Balaban J connectivity index is 2.57. The molecule has 92 valence electrons. The van der Waals surface area contributed by atoms with Crippen molar-refractivity contribution in [2.24, 2.45) is 5.92 Å². The molecule has 2 heterocycles. The van der Waals surface area contributed by atoms with E-state index in [0.29, 0.717) is 23.5 Å². The summed E-state index contributed by atoms with van der Waals surface area (Å²) >= 11 is 5.93. The first-order valence-electron chi connectivity index (χ1n) is 5.29. The van der Waals surface area contributed by atoms with Gasteiger partial charge in [-0.05, 0) is 12.0 Å². The van der Waals surface area contributed by atoms with Gasteiger partial charge in [0.2, 0.25) is 0 Å². The van der Waals surface area contributed by atoms with Crippen LogP contribution < -0.4 is 0 Å². The van der Waals surface area contributed by atoms with Crippen molar-refractivity contribution in [3.8, 4) is 0 Å². The van der Waals surface area contributed by atoms with Gasteiger partial charge in [0.25, 0.3) is 6.43 Å². The smallest absolute Gasteiger partial charge is 0.247 e. The van der Waals surface area contributed by atoms with Crippen LogP contribution in [0.1, 0.15) is 26.0 Å². The summed E-state index contributed by atoms with van der Waals surface area (Å²) < 4.78 is 26.9. The standard InChI is InChI=1S/C11H12ClF2N3/c1-6(2)5-17-11-7(4-15-17)8(12)3-9(16-11)10(13)14/h3-4,6,10H,5H2,1-2H3. The Kier molecular flexibility index (Phi) is 3.28. The SMILES string of the molecule is CC(C)Cn1ncc2c(Cl)cc(C(F)F)nc21. The molecule has 0 fully saturated rings. The first-order valence-corrected chi connectivity index (χ1v) is 5.67. The molecule has 6 heteroatoms. The molecule has 0 aliphatic rings. The van der Waals surface area contributed by atoms with Crippen LogP contribution in [0.4, 0.5) is 8.78 Å². The van der Waals surface area contributed by atoms with E-state index in [1.807, 2.05) is 13.8 Å². The van der Waals surface area contributed by atoms with Crippen molar-refractivity contribution < 1.29 is 8.78 Å². The first kappa shape index (κ1) is 12.2. The van der Waals surface area contributed by atoms with E-state index in [2.05, 4.69) is 10.1 Å². The van der Waals surface area contributed by atoms with Crippen LogP contribution in [-0.4, -0.2) is 14.8 Å². The maximum atomic E-state index is 12.6. The number of aromatic nitrogens is 3. The lowest BCUT2D eigenvalue weighted by Crippen LogP contribution is -2.07. The number of nitrogens with zero attached hydrogens (tertiary/aromatic N) is 3. The third-order valence-corrected chi connectivity index (χ3v) is 2.65. The highest BCUT2D eigenvalue weighted by Gasteiger charge is 2.15. The van der Waals surface area contributed by atoms with Crippen LogP contribution in [0.25, 0.3) is 11.0 Å². The fraction of sp³-hybridized carbons (Fsp3) is 0.455. The number of hydrogen-bond acceptors (Lipinski definition) is 2. The Morgan fingerprint density at radius 1 is 1.41 bits per heavy atom. The molecule has 0 aliphatic heterocycles. The van der Waals surface area contributed by atoms with E-state index in [1.165, 1.54) is 6.07 Å². The number of halogens is 3. The molecule has 0 atom stereocenters. The van der Waals surface area contributed by atoms with Gasteiger partial charge in [-0.15, -0.1) is 0 Å². The molecule has 2 aromatic heterocycles. The monoisotopic (exact) mass is 259 g/mol. The highest BCUT2D eigenvalue weighted by Crippen LogP contribution is 2.27. The Labute approximate surface area is 102 Å². The predicted octanol–water partition coefficient (Wildman–Crippen LogP) is 3.68. The van der Waals surface area contributed by atoms with Crippen molar-refractivity contribution in [1.82, 2.24) is 14.8 Å². The third kappa shape index (κ3) is 2.39. The number of alkyl halides is 2. The fourth-order valence-electron chi connectivity index (χ4n) is 1.62. The van der Waals surface area contributed by atoms with Gasteiger partial charge in [-0.1, -0.05) is 25.4 Å². The second kappa shape index (κ2) is 4.56. The molecule has 0 saturated heterocycles. The van der Waals surface area contributed by atoms with Gasteiger partial charge in [0.05, 0.1) is 16.6 Å². The van der Waals surface area contributed by atoms with Gasteiger partial charge in [0.15, 0.2) is 5.65 Å².